The van der Waals surface area contributed by atoms with Crippen molar-refractivity contribution in [1.29, 1.82) is 0 Å². The molecule has 0 amide bonds. The summed E-state index contributed by atoms with van der Waals surface area (Å²) in [6, 6.07) is 3.81. The van der Waals surface area contributed by atoms with Gasteiger partial charge in [0.1, 0.15) is 21.9 Å². The van der Waals surface area contributed by atoms with Gasteiger partial charge in [0.15, 0.2) is 0 Å². The van der Waals surface area contributed by atoms with E-state index in [-0.39, 0.29) is 11.9 Å². The minimum atomic E-state index is -0.484. The predicted octanol–water partition coefficient (Wildman–Crippen LogP) is 3.31. The smallest absolute Gasteiger partial charge is 0.348 e. The first-order valence-corrected chi connectivity index (χ1v) is 9.25. The number of nitrogen functional groups attached to an aromatic ring is 2. The molecule has 3 heterocycles. The number of anilines is 2. The van der Waals surface area contributed by atoms with Crippen molar-refractivity contribution in [1.82, 2.24) is 15.0 Å². The highest BCUT2D eigenvalue weighted by Crippen LogP contribution is 2.25. The van der Waals surface area contributed by atoms with Crippen LogP contribution in [0.5, 0.6) is 0 Å². The zero-order valence-corrected chi connectivity index (χ0v) is 15.9. The third-order valence-electron chi connectivity index (χ3n) is 3.79. The zero-order chi connectivity index (χ0) is 18.9. The van der Waals surface area contributed by atoms with E-state index in [4.69, 9.17) is 16.2 Å². The van der Waals surface area contributed by atoms with Crippen LogP contribution in [0.2, 0.25) is 0 Å². The Morgan fingerprint density at radius 2 is 2.00 bits per heavy atom. The summed E-state index contributed by atoms with van der Waals surface area (Å²) < 4.78 is 5.40. The lowest BCUT2D eigenvalue weighted by Gasteiger charge is -2.18. The fourth-order valence-electron chi connectivity index (χ4n) is 2.75. The first kappa shape index (κ1) is 18.2. The Labute approximate surface area is 155 Å². The summed E-state index contributed by atoms with van der Waals surface area (Å²) in [5, 5.41) is 0.833. The highest BCUT2D eigenvalue weighted by atomic mass is 32.1. The molecule has 0 spiro atoms. The molecule has 138 valence electrons. The summed E-state index contributed by atoms with van der Waals surface area (Å²) in [6.07, 6.45) is 4.52. The number of ether oxygens (including phenoxy) is 1. The van der Waals surface area contributed by atoms with Crippen LogP contribution in [-0.4, -0.2) is 26.5 Å². The van der Waals surface area contributed by atoms with Crippen molar-refractivity contribution in [2.24, 2.45) is 0 Å². The molecule has 0 aliphatic heterocycles. The Morgan fingerprint density at radius 1 is 1.23 bits per heavy atom. The molecule has 0 radical (unpaired) electrons. The van der Waals surface area contributed by atoms with Crippen molar-refractivity contribution >= 4 is 40.1 Å². The fourth-order valence-corrected chi connectivity index (χ4v) is 3.67. The molecule has 0 unspecified atom stereocenters. The molecule has 0 bridgehead atoms. The second-order valence-electron chi connectivity index (χ2n) is 7.13. The van der Waals surface area contributed by atoms with E-state index in [1.165, 1.54) is 11.3 Å². The number of rotatable bonds is 5. The molecule has 3 aromatic rings. The third kappa shape index (κ3) is 4.13. The molecule has 0 atom stereocenters. The number of fused-ring (bicyclic) bond motifs is 1. The van der Waals surface area contributed by atoms with Gasteiger partial charge in [0, 0.05) is 11.1 Å². The average molecular weight is 373 g/mol. The Bertz CT molecular complexity index is 939. The lowest BCUT2D eigenvalue weighted by molar-refractivity contribution is 0.00752. The molecule has 0 fully saturated rings. The van der Waals surface area contributed by atoms with Gasteiger partial charge in [-0.05, 0) is 57.7 Å². The van der Waals surface area contributed by atoms with Crippen LogP contribution in [0, 0.1) is 0 Å². The number of nitrogens with two attached hydrogens (primary N) is 2. The van der Waals surface area contributed by atoms with Crippen molar-refractivity contribution in [2.75, 3.05) is 11.5 Å². The Hall–Kier alpha value is -2.61. The van der Waals surface area contributed by atoms with Crippen LogP contribution in [0.4, 0.5) is 11.8 Å². The summed E-state index contributed by atoms with van der Waals surface area (Å²) in [5.74, 6) is 0.289. The van der Waals surface area contributed by atoms with Crippen LogP contribution in [0.1, 0.15) is 47.3 Å². The zero-order valence-electron chi connectivity index (χ0n) is 15.1. The van der Waals surface area contributed by atoms with Crippen LogP contribution < -0.4 is 11.5 Å². The summed E-state index contributed by atoms with van der Waals surface area (Å²) in [7, 11) is 0. The molecule has 0 saturated carbocycles. The van der Waals surface area contributed by atoms with E-state index in [1.54, 1.807) is 0 Å². The van der Waals surface area contributed by atoms with Gasteiger partial charge in [0.2, 0.25) is 5.95 Å². The van der Waals surface area contributed by atoms with Gasteiger partial charge in [-0.3, -0.25) is 0 Å². The van der Waals surface area contributed by atoms with E-state index >= 15 is 0 Å². The van der Waals surface area contributed by atoms with Crippen molar-refractivity contribution in [3.05, 3.63) is 33.6 Å². The van der Waals surface area contributed by atoms with Gasteiger partial charge in [-0.1, -0.05) is 0 Å². The van der Waals surface area contributed by atoms with Crippen LogP contribution in [0.15, 0.2) is 18.3 Å². The summed E-state index contributed by atoms with van der Waals surface area (Å²) in [6.45, 7) is 5.59. The van der Waals surface area contributed by atoms with Gasteiger partial charge in [-0.2, -0.15) is 9.97 Å². The van der Waals surface area contributed by atoms with E-state index in [0.717, 1.165) is 35.1 Å². The molecular weight excluding hydrogens is 350 g/mol. The van der Waals surface area contributed by atoms with E-state index in [9.17, 15) is 4.79 Å². The van der Waals surface area contributed by atoms with Crippen molar-refractivity contribution in [3.63, 3.8) is 0 Å². The number of carbonyl (C=O) groups is 1. The van der Waals surface area contributed by atoms with Crippen molar-refractivity contribution in [2.45, 2.75) is 45.6 Å². The molecule has 7 nitrogen and oxygen atoms in total. The Kier molecular flexibility index (Phi) is 4.86. The number of aromatic nitrogens is 3. The number of thiophene rings is 1. The van der Waals surface area contributed by atoms with Gasteiger partial charge in [0.05, 0.1) is 5.39 Å². The minimum Gasteiger partial charge on any atom is -0.456 e. The molecule has 8 heteroatoms. The number of aromatic amines is 1. The molecule has 26 heavy (non-hydrogen) atoms. The standard InChI is InChI=1S/C18H23N5O2S/c1-18(2,3)25-16(24)12-8-7-11(26-12)6-4-5-10-9-21-15-13(10)14(19)22-17(20)23-15/h7-9H,4-6H2,1-3H3,(H5,19,20,21,22,23). The fraction of sp³-hybridized carbons (Fsp3) is 0.389. The van der Waals surface area contributed by atoms with Crippen LogP contribution >= 0.6 is 11.3 Å². The SMILES string of the molecule is CC(C)(C)OC(=O)c1ccc(CCCc2c[nH]c3nc(N)nc(N)c23)s1. The molecule has 5 N–H and O–H groups in total. The molecular formula is C18H23N5O2S. The topological polar surface area (TPSA) is 120 Å². The highest BCUT2D eigenvalue weighted by molar-refractivity contribution is 7.13. The number of esters is 1. The predicted molar refractivity (Wildman–Crippen MR) is 104 cm³/mol. The second-order valence-corrected chi connectivity index (χ2v) is 8.29. The van der Waals surface area contributed by atoms with Gasteiger partial charge < -0.3 is 21.2 Å². The van der Waals surface area contributed by atoms with E-state index in [2.05, 4.69) is 15.0 Å². The first-order valence-electron chi connectivity index (χ1n) is 8.44. The second kappa shape index (κ2) is 6.95. The maximum atomic E-state index is 12.1. The maximum Gasteiger partial charge on any atom is 0.348 e. The number of hydrogen-bond acceptors (Lipinski definition) is 7. The monoisotopic (exact) mass is 373 g/mol. The van der Waals surface area contributed by atoms with Gasteiger partial charge in [0.25, 0.3) is 0 Å². The molecule has 0 aliphatic rings. The minimum absolute atomic E-state index is 0.164. The van der Waals surface area contributed by atoms with Crippen LogP contribution in [-0.2, 0) is 17.6 Å². The number of hydrogen-bond donors (Lipinski definition) is 3. The van der Waals surface area contributed by atoms with Crippen LogP contribution in [0.3, 0.4) is 0 Å². The number of aryl methyl sites for hydroxylation is 2. The Balaban J connectivity index is 1.62. The number of carbonyl (C=O) groups excluding carboxylic acids is 1. The molecule has 3 aromatic heterocycles. The van der Waals surface area contributed by atoms with Crippen molar-refractivity contribution in [3.8, 4) is 0 Å². The Morgan fingerprint density at radius 3 is 2.73 bits per heavy atom. The largest absolute Gasteiger partial charge is 0.456 e. The van der Waals surface area contributed by atoms with Crippen molar-refractivity contribution < 1.29 is 9.53 Å². The average Bonchev–Trinajstić information content (AvgIpc) is 3.13. The normalized spacial score (nSPS) is 11.8. The molecule has 0 aromatic carbocycles. The summed E-state index contributed by atoms with van der Waals surface area (Å²) in [4.78, 5) is 25.2. The molecule has 0 aliphatic carbocycles. The quantitative estimate of drug-likeness (QED) is 0.590. The third-order valence-corrected chi connectivity index (χ3v) is 4.91. The lowest BCUT2D eigenvalue weighted by atomic mass is 10.1. The molecule has 3 rings (SSSR count). The summed E-state index contributed by atoms with van der Waals surface area (Å²) in [5.41, 5.74) is 12.8. The number of nitrogens with one attached hydrogen (secondary N) is 1. The van der Waals surface area contributed by atoms with Gasteiger partial charge in [-0.25, -0.2) is 4.79 Å². The summed E-state index contributed by atoms with van der Waals surface area (Å²) >= 11 is 1.48. The highest BCUT2D eigenvalue weighted by Gasteiger charge is 2.19. The van der Waals surface area contributed by atoms with Gasteiger partial charge in [-0.15, -0.1) is 11.3 Å². The maximum absolute atomic E-state index is 12.1. The number of nitrogens with zero attached hydrogens (tertiary/aromatic N) is 2. The van der Waals surface area contributed by atoms with E-state index in [1.807, 2.05) is 39.1 Å². The molecule has 0 saturated heterocycles. The van der Waals surface area contributed by atoms with Crippen LogP contribution in [0.25, 0.3) is 11.0 Å². The first-order chi connectivity index (χ1) is 12.2. The lowest BCUT2D eigenvalue weighted by Crippen LogP contribution is -2.23. The number of H-pyrrole nitrogens is 1. The van der Waals surface area contributed by atoms with E-state index in [0.29, 0.717) is 16.3 Å². The van der Waals surface area contributed by atoms with E-state index < -0.39 is 5.60 Å². The van der Waals surface area contributed by atoms with Gasteiger partial charge >= 0.3 is 5.97 Å².